The van der Waals surface area contributed by atoms with Gasteiger partial charge in [0.05, 0.1) is 16.3 Å². The fourth-order valence-electron chi connectivity index (χ4n) is 3.00. The van der Waals surface area contributed by atoms with Gasteiger partial charge < -0.3 is 14.4 Å². The summed E-state index contributed by atoms with van der Waals surface area (Å²) < 4.78 is 45.1. The molecule has 0 aliphatic heterocycles. The van der Waals surface area contributed by atoms with Crippen LogP contribution in [0.25, 0.3) is 22.8 Å². The molecule has 168 valence electrons. The van der Waals surface area contributed by atoms with E-state index in [0.29, 0.717) is 5.56 Å². The van der Waals surface area contributed by atoms with Gasteiger partial charge in [0.1, 0.15) is 12.1 Å². The van der Waals surface area contributed by atoms with Crippen LogP contribution in [0.3, 0.4) is 0 Å². The van der Waals surface area contributed by atoms with Gasteiger partial charge in [-0.1, -0.05) is 47.1 Å². The summed E-state index contributed by atoms with van der Waals surface area (Å²) in [4.78, 5) is 29.5. The summed E-state index contributed by atoms with van der Waals surface area (Å²) in [6, 6.07) is 14.5. The summed E-state index contributed by atoms with van der Waals surface area (Å²) in [7, 11) is 0. The van der Waals surface area contributed by atoms with Crippen molar-refractivity contribution >= 4 is 23.2 Å². The molecule has 0 aliphatic rings. The third-order valence-electron chi connectivity index (χ3n) is 4.59. The topological polar surface area (TPSA) is 90.0 Å². The summed E-state index contributed by atoms with van der Waals surface area (Å²) in [5, 5.41) is 6.10. The van der Waals surface area contributed by atoms with Crippen LogP contribution in [0, 0.1) is 0 Å². The van der Waals surface area contributed by atoms with Gasteiger partial charge in [0.15, 0.2) is 0 Å². The monoisotopic (exact) mass is 474 g/mol. The number of aromatic nitrogens is 3. The van der Waals surface area contributed by atoms with Gasteiger partial charge in [-0.25, -0.2) is 0 Å². The molecule has 11 heteroatoms. The van der Waals surface area contributed by atoms with E-state index in [2.05, 4.69) is 15.5 Å². The number of amides is 1. The van der Waals surface area contributed by atoms with E-state index in [0.717, 1.165) is 22.8 Å². The van der Waals surface area contributed by atoms with Crippen LogP contribution in [0.5, 0.6) is 0 Å². The van der Waals surface area contributed by atoms with Crippen LogP contribution in [-0.2, 0) is 17.5 Å². The Bertz CT molecular complexity index is 1370. The summed E-state index contributed by atoms with van der Waals surface area (Å²) >= 11 is 5.90. The molecule has 1 amide bonds. The molecule has 2 aromatic heterocycles. The lowest BCUT2D eigenvalue weighted by Gasteiger charge is -2.12. The largest absolute Gasteiger partial charge is 0.416 e. The van der Waals surface area contributed by atoms with Crippen molar-refractivity contribution < 1.29 is 22.5 Å². The van der Waals surface area contributed by atoms with Gasteiger partial charge >= 0.3 is 6.18 Å². The molecular weight excluding hydrogens is 461 g/mol. The zero-order chi connectivity index (χ0) is 23.6. The first kappa shape index (κ1) is 22.3. The molecule has 0 atom stereocenters. The minimum Gasteiger partial charge on any atom is -0.333 e. The summed E-state index contributed by atoms with van der Waals surface area (Å²) in [5.74, 6) is -0.488. The van der Waals surface area contributed by atoms with Crippen molar-refractivity contribution in [1.82, 2.24) is 14.7 Å². The predicted octanol–water partition coefficient (Wildman–Crippen LogP) is 4.88. The molecular formula is C22H14ClF3N4O3. The van der Waals surface area contributed by atoms with Crippen LogP contribution in [0.1, 0.15) is 5.56 Å². The van der Waals surface area contributed by atoms with Gasteiger partial charge in [-0.2, -0.15) is 18.2 Å². The number of rotatable bonds is 5. The molecule has 2 aromatic carbocycles. The molecule has 4 rings (SSSR count). The lowest BCUT2D eigenvalue weighted by atomic mass is 10.2. The normalized spacial score (nSPS) is 11.4. The van der Waals surface area contributed by atoms with Gasteiger partial charge in [0.25, 0.3) is 11.4 Å². The zero-order valence-electron chi connectivity index (χ0n) is 16.6. The Balaban J connectivity index is 1.55. The van der Waals surface area contributed by atoms with Gasteiger partial charge in [0, 0.05) is 11.8 Å². The molecule has 0 fully saturated rings. The first-order chi connectivity index (χ1) is 15.7. The first-order valence-corrected chi connectivity index (χ1v) is 9.86. The number of carbonyl (C=O) groups is 1. The van der Waals surface area contributed by atoms with Crippen molar-refractivity contribution in [3.05, 3.63) is 87.8 Å². The summed E-state index contributed by atoms with van der Waals surface area (Å²) in [5.41, 5.74) is -1.01. The van der Waals surface area contributed by atoms with E-state index in [-0.39, 0.29) is 28.0 Å². The van der Waals surface area contributed by atoms with Crippen LogP contribution >= 0.6 is 11.6 Å². The Morgan fingerprint density at radius 1 is 1.09 bits per heavy atom. The lowest BCUT2D eigenvalue weighted by molar-refractivity contribution is -0.137. The second-order valence-electron chi connectivity index (χ2n) is 6.88. The highest BCUT2D eigenvalue weighted by molar-refractivity contribution is 6.33. The number of pyridine rings is 1. The lowest BCUT2D eigenvalue weighted by Crippen LogP contribution is -2.28. The Labute approximate surface area is 189 Å². The molecule has 0 saturated heterocycles. The average molecular weight is 475 g/mol. The number of benzene rings is 2. The van der Waals surface area contributed by atoms with Crippen molar-refractivity contribution in [2.45, 2.75) is 12.7 Å². The minimum absolute atomic E-state index is 0.0328. The highest BCUT2D eigenvalue weighted by Crippen LogP contribution is 2.33. The van der Waals surface area contributed by atoms with Crippen molar-refractivity contribution in [2.75, 3.05) is 5.32 Å². The number of nitrogens with one attached hydrogen (secondary N) is 1. The molecule has 2 heterocycles. The molecule has 0 unspecified atom stereocenters. The van der Waals surface area contributed by atoms with E-state index in [4.69, 9.17) is 16.1 Å². The number of hydrogen-bond acceptors (Lipinski definition) is 5. The number of carbonyl (C=O) groups excluding carboxylic acids is 1. The van der Waals surface area contributed by atoms with Crippen LogP contribution in [0.2, 0.25) is 5.02 Å². The zero-order valence-corrected chi connectivity index (χ0v) is 17.4. The van der Waals surface area contributed by atoms with Crippen molar-refractivity contribution in [3.63, 3.8) is 0 Å². The SMILES string of the molecule is O=C(Cn1cccc(-c2nc(-c3ccccc3)no2)c1=O)Nc1cc(C(F)(F)F)ccc1Cl. The maximum Gasteiger partial charge on any atom is 0.416 e. The Morgan fingerprint density at radius 2 is 1.85 bits per heavy atom. The van der Waals surface area contributed by atoms with Crippen molar-refractivity contribution in [1.29, 1.82) is 0 Å². The maximum absolute atomic E-state index is 12.9. The molecule has 0 bridgehead atoms. The van der Waals surface area contributed by atoms with E-state index >= 15 is 0 Å². The first-order valence-electron chi connectivity index (χ1n) is 9.48. The predicted molar refractivity (Wildman–Crippen MR) is 115 cm³/mol. The van der Waals surface area contributed by atoms with Gasteiger partial charge in [-0.05, 0) is 30.3 Å². The van der Waals surface area contributed by atoms with Crippen LogP contribution in [0.4, 0.5) is 18.9 Å². The third kappa shape index (κ3) is 4.96. The summed E-state index contributed by atoms with van der Waals surface area (Å²) in [6.45, 7) is -0.473. The quantitative estimate of drug-likeness (QED) is 0.445. The number of anilines is 1. The van der Waals surface area contributed by atoms with Crippen molar-refractivity contribution in [3.8, 4) is 22.8 Å². The second-order valence-corrected chi connectivity index (χ2v) is 7.29. The maximum atomic E-state index is 12.9. The Morgan fingerprint density at radius 3 is 2.58 bits per heavy atom. The van der Waals surface area contributed by atoms with E-state index in [1.807, 2.05) is 6.07 Å². The molecule has 1 N–H and O–H groups in total. The highest BCUT2D eigenvalue weighted by atomic mass is 35.5. The molecule has 0 aliphatic carbocycles. The standard InChI is InChI=1S/C22H14ClF3N4O3/c23-16-9-8-14(22(24,25)26)11-17(16)27-18(31)12-30-10-4-7-15(21(30)32)20-28-19(29-33-20)13-5-2-1-3-6-13/h1-11H,12H2,(H,27,31). The molecule has 4 aromatic rings. The average Bonchev–Trinajstić information content (AvgIpc) is 3.26. The second kappa shape index (κ2) is 8.91. The molecule has 0 radical (unpaired) electrons. The van der Waals surface area contributed by atoms with Gasteiger partial charge in [-0.3, -0.25) is 9.59 Å². The number of alkyl halides is 3. The van der Waals surface area contributed by atoms with E-state index in [9.17, 15) is 22.8 Å². The smallest absolute Gasteiger partial charge is 0.333 e. The fraction of sp³-hybridized carbons (Fsp3) is 0.0909. The van der Waals surface area contributed by atoms with Gasteiger partial charge in [-0.15, -0.1) is 0 Å². The third-order valence-corrected chi connectivity index (χ3v) is 4.92. The van der Waals surface area contributed by atoms with E-state index in [1.165, 1.54) is 18.3 Å². The Hall–Kier alpha value is -3.92. The van der Waals surface area contributed by atoms with Crippen LogP contribution in [0.15, 0.2) is 76.2 Å². The van der Waals surface area contributed by atoms with Crippen LogP contribution < -0.4 is 10.9 Å². The fourth-order valence-corrected chi connectivity index (χ4v) is 3.17. The van der Waals surface area contributed by atoms with Crippen molar-refractivity contribution in [2.24, 2.45) is 0 Å². The Kier molecular flexibility index (Phi) is 6.01. The van der Waals surface area contributed by atoms with Crippen LogP contribution in [-0.4, -0.2) is 20.6 Å². The highest BCUT2D eigenvalue weighted by Gasteiger charge is 2.31. The molecule has 0 saturated carbocycles. The van der Waals surface area contributed by atoms with E-state index < -0.39 is 29.8 Å². The molecule has 7 nitrogen and oxygen atoms in total. The minimum atomic E-state index is -4.60. The van der Waals surface area contributed by atoms with Gasteiger partial charge in [0.2, 0.25) is 11.7 Å². The number of halogens is 4. The summed E-state index contributed by atoms with van der Waals surface area (Å²) in [6.07, 6.45) is -3.24. The number of nitrogens with zero attached hydrogens (tertiary/aromatic N) is 3. The van der Waals surface area contributed by atoms with E-state index in [1.54, 1.807) is 24.3 Å². The molecule has 33 heavy (non-hydrogen) atoms. The molecule has 0 spiro atoms. The number of hydrogen-bond donors (Lipinski definition) is 1.